The number of nitrogens with one attached hydrogen (secondary N) is 1. The first-order valence-corrected chi connectivity index (χ1v) is 11.6. The smallest absolute Gasteiger partial charge is 0.282 e. The van der Waals surface area contributed by atoms with Crippen LogP contribution in [0.5, 0.6) is 0 Å². The van der Waals surface area contributed by atoms with Crippen LogP contribution in [0.3, 0.4) is 0 Å². The highest BCUT2D eigenvalue weighted by Gasteiger charge is 2.43. The van der Waals surface area contributed by atoms with Crippen molar-refractivity contribution in [3.05, 3.63) is 45.3 Å². The molecule has 2 aliphatic rings. The maximum Gasteiger partial charge on any atom is 0.282 e. The van der Waals surface area contributed by atoms with Gasteiger partial charge in [0.25, 0.3) is 5.91 Å². The number of anilines is 1. The number of hydrogen-bond donors (Lipinski definition) is 1. The minimum absolute atomic E-state index is 0.185. The Morgan fingerprint density at radius 3 is 2.63 bits per heavy atom. The van der Waals surface area contributed by atoms with Crippen molar-refractivity contribution < 1.29 is 9.18 Å². The van der Waals surface area contributed by atoms with E-state index in [0.717, 1.165) is 42.0 Å². The average Bonchev–Trinajstić information content (AvgIpc) is 3.32. The zero-order valence-electron chi connectivity index (χ0n) is 16.6. The van der Waals surface area contributed by atoms with Gasteiger partial charge in [0.05, 0.1) is 22.7 Å². The summed E-state index contributed by atoms with van der Waals surface area (Å²) in [6.45, 7) is 0.884. The standard InChI is InChI=1S/C20H22BCl2FN4OS/c21-17-7-6-16(30-17)19-13(11-24)18(20(29)26-27-8-2-1-3-9-27)25-28(19)15-5-4-12(22)10-14(15)23/h4-7,10,13,19H,1-3,8-9,11,21H2,(H,26,29). The second kappa shape index (κ2) is 9.26. The molecule has 2 aromatic rings. The van der Waals surface area contributed by atoms with Crippen LogP contribution >= 0.6 is 34.5 Å². The molecule has 1 saturated heterocycles. The van der Waals surface area contributed by atoms with E-state index in [2.05, 4.69) is 10.5 Å². The second-order valence-electron chi connectivity index (χ2n) is 7.57. The number of hydrazine groups is 1. The first kappa shape index (κ1) is 21.6. The van der Waals surface area contributed by atoms with E-state index in [9.17, 15) is 9.18 Å². The van der Waals surface area contributed by atoms with Crippen molar-refractivity contribution in [3.63, 3.8) is 0 Å². The summed E-state index contributed by atoms with van der Waals surface area (Å²) in [5, 5.41) is 9.05. The number of benzene rings is 1. The van der Waals surface area contributed by atoms with Gasteiger partial charge in [0.2, 0.25) is 0 Å². The summed E-state index contributed by atoms with van der Waals surface area (Å²) < 4.78 is 15.4. The summed E-state index contributed by atoms with van der Waals surface area (Å²) in [5.74, 6) is -1.05. The molecule has 1 N–H and O–H groups in total. The van der Waals surface area contributed by atoms with Gasteiger partial charge in [-0.15, -0.1) is 0 Å². The number of alkyl halides is 1. The second-order valence-corrected chi connectivity index (χ2v) is 9.73. The number of halogens is 3. The summed E-state index contributed by atoms with van der Waals surface area (Å²) in [6, 6.07) is 8.59. The van der Waals surface area contributed by atoms with Gasteiger partial charge in [-0.2, -0.15) is 16.4 Å². The van der Waals surface area contributed by atoms with Crippen LogP contribution in [0.15, 0.2) is 35.4 Å². The molecule has 5 nitrogen and oxygen atoms in total. The molecule has 158 valence electrons. The van der Waals surface area contributed by atoms with Crippen molar-refractivity contribution in [1.82, 2.24) is 10.4 Å². The Hall–Kier alpha value is -1.61. The van der Waals surface area contributed by atoms with Crippen molar-refractivity contribution in [1.29, 1.82) is 0 Å². The minimum atomic E-state index is -0.699. The van der Waals surface area contributed by atoms with Crippen LogP contribution in [0.1, 0.15) is 30.2 Å². The van der Waals surface area contributed by atoms with Gasteiger partial charge in [-0.25, -0.2) is 5.01 Å². The minimum Gasteiger partial charge on any atom is -0.284 e. The normalized spacial score (nSPS) is 22.2. The molecule has 0 bridgehead atoms. The fraction of sp³-hybridized carbons (Fsp3) is 0.400. The van der Waals surface area contributed by atoms with Gasteiger partial charge in [-0.1, -0.05) is 35.7 Å². The Labute approximate surface area is 190 Å². The Balaban J connectivity index is 1.70. The Kier molecular flexibility index (Phi) is 6.67. The van der Waals surface area contributed by atoms with E-state index in [-0.39, 0.29) is 11.6 Å². The monoisotopic (exact) mass is 466 g/mol. The lowest BCUT2D eigenvalue weighted by Gasteiger charge is -2.28. The number of piperidine rings is 1. The van der Waals surface area contributed by atoms with Crippen LogP contribution < -0.4 is 15.2 Å². The van der Waals surface area contributed by atoms with Crippen LogP contribution in [0.4, 0.5) is 10.1 Å². The maximum absolute atomic E-state index is 14.3. The molecule has 10 heteroatoms. The van der Waals surface area contributed by atoms with Gasteiger partial charge >= 0.3 is 0 Å². The summed E-state index contributed by atoms with van der Waals surface area (Å²) in [5.41, 5.74) is 3.70. The Morgan fingerprint density at radius 1 is 1.23 bits per heavy atom. The van der Waals surface area contributed by atoms with Crippen LogP contribution in [0.2, 0.25) is 10.0 Å². The number of rotatable bonds is 5. The van der Waals surface area contributed by atoms with Gasteiger partial charge in [-0.3, -0.25) is 19.6 Å². The third kappa shape index (κ3) is 4.37. The molecule has 1 amide bonds. The predicted octanol–water partition coefficient (Wildman–Crippen LogP) is 3.33. The van der Waals surface area contributed by atoms with Crippen molar-refractivity contribution in [2.24, 2.45) is 11.0 Å². The molecule has 0 spiro atoms. The van der Waals surface area contributed by atoms with E-state index >= 15 is 0 Å². The molecule has 0 aliphatic carbocycles. The molecule has 3 heterocycles. The van der Waals surface area contributed by atoms with Crippen molar-refractivity contribution in [3.8, 4) is 0 Å². The molecule has 1 fully saturated rings. The van der Waals surface area contributed by atoms with Gasteiger partial charge in [0.15, 0.2) is 7.85 Å². The summed E-state index contributed by atoms with van der Waals surface area (Å²) in [6.07, 6.45) is 3.22. The number of carbonyl (C=O) groups is 1. The van der Waals surface area contributed by atoms with E-state index in [4.69, 9.17) is 23.2 Å². The SMILES string of the molecule is Bc1ccc(C2C(CF)C(C(=O)NN3CCCCC3)=NN2c2ccc(Cl)cc2Cl)s1. The first-order valence-electron chi connectivity index (χ1n) is 9.99. The zero-order chi connectivity index (χ0) is 21.3. The van der Waals surface area contributed by atoms with Gasteiger partial charge in [-0.05, 0) is 41.9 Å². The molecule has 0 radical (unpaired) electrons. The van der Waals surface area contributed by atoms with Crippen LogP contribution in [0.25, 0.3) is 0 Å². The lowest BCUT2D eigenvalue weighted by molar-refractivity contribution is -0.120. The molecular weight excluding hydrogens is 445 g/mol. The number of amides is 1. The quantitative estimate of drug-likeness (QED) is 0.687. The molecule has 4 rings (SSSR count). The van der Waals surface area contributed by atoms with E-state index in [0.29, 0.717) is 15.7 Å². The van der Waals surface area contributed by atoms with Crippen molar-refractivity contribution >= 4 is 64.5 Å². The van der Waals surface area contributed by atoms with Crippen LogP contribution in [-0.2, 0) is 4.79 Å². The molecule has 2 unspecified atom stereocenters. The fourth-order valence-corrected chi connectivity index (χ4v) is 5.48. The van der Waals surface area contributed by atoms with Crippen LogP contribution in [-0.4, -0.2) is 44.2 Å². The highest BCUT2D eigenvalue weighted by Crippen LogP contribution is 2.43. The maximum atomic E-state index is 14.3. The van der Waals surface area contributed by atoms with E-state index < -0.39 is 18.6 Å². The summed E-state index contributed by atoms with van der Waals surface area (Å²) in [4.78, 5) is 14.0. The first-order chi connectivity index (χ1) is 14.5. The molecule has 0 saturated carbocycles. The average molecular weight is 467 g/mol. The zero-order valence-corrected chi connectivity index (χ0v) is 18.9. The number of carbonyl (C=O) groups excluding carboxylic acids is 1. The number of hydrazone groups is 1. The molecule has 1 aromatic carbocycles. The highest BCUT2D eigenvalue weighted by atomic mass is 35.5. The third-order valence-corrected chi connectivity index (χ3v) is 7.04. The van der Waals surface area contributed by atoms with Gasteiger partial charge in [0, 0.05) is 23.0 Å². The number of nitrogens with zero attached hydrogens (tertiary/aromatic N) is 3. The predicted molar refractivity (Wildman–Crippen MR) is 125 cm³/mol. The molecular formula is C20H22BCl2FN4OS. The van der Waals surface area contributed by atoms with E-state index in [1.54, 1.807) is 34.5 Å². The lowest BCUT2D eigenvalue weighted by atomic mass is 9.94. The molecule has 2 atom stereocenters. The Bertz CT molecular complexity index is 966. The summed E-state index contributed by atoms with van der Waals surface area (Å²) in [7, 11) is 2.00. The van der Waals surface area contributed by atoms with E-state index in [1.807, 2.05) is 25.0 Å². The number of thiophene rings is 1. The highest BCUT2D eigenvalue weighted by molar-refractivity contribution is 7.20. The van der Waals surface area contributed by atoms with Crippen LogP contribution in [0, 0.1) is 5.92 Å². The van der Waals surface area contributed by atoms with E-state index in [1.165, 1.54) is 0 Å². The summed E-state index contributed by atoms with van der Waals surface area (Å²) >= 11 is 14.1. The van der Waals surface area contributed by atoms with Gasteiger partial charge < -0.3 is 0 Å². The van der Waals surface area contributed by atoms with Gasteiger partial charge in [0.1, 0.15) is 12.4 Å². The third-order valence-electron chi connectivity index (χ3n) is 5.44. The van der Waals surface area contributed by atoms with Crippen molar-refractivity contribution in [2.45, 2.75) is 25.3 Å². The Morgan fingerprint density at radius 2 is 2.00 bits per heavy atom. The van der Waals surface area contributed by atoms with Crippen molar-refractivity contribution in [2.75, 3.05) is 24.8 Å². The molecule has 30 heavy (non-hydrogen) atoms. The molecule has 2 aliphatic heterocycles. The number of hydrogen-bond acceptors (Lipinski definition) is 5. The molecule has 1 aromatic heterocycles. The fourth-order valence-electron chi connectivity index (χ4n) is 3.95. The lowest BCUT2D eigenvalue weighted by Crippen LogP contribution is -2.48. The largest absolute Gasteiger partial charge is 0.284 e. The topological polar surface area (TPSA) is 47.9 Å².